The first-order valence-corrected chi connectivity index (χ1v) is 12.7. The molecule has 0 aliphatic heterocycles. The molecule has 7 nitrogen and oxygen atoms in total. The van der Waals surface area contributed by atoms with Gasteiger partial charge in [-0.1, -0.05) is 46.2 Å². The van der Waals surface area contributed by atoms with Gasteiger partial charge in [0.25, 0.3) is 0 Å². The molecule has 0 radical (unpaired) electrons. The number of H-pyrrole nitrogens is 1. The first-order chi connectivity index (χ1) is 17.9. The van der Waals surface area contributed by atoms with Crippen LogP contribution in [0.15, 0.2) is 72.9 Å². The third kappa shape index (κ3) is 5.82. The van der Waals surface area contributed by atoms with E-state index in [2.05, 4.69) is 77.3 Å². The van der Waals surface area contributed by atoms with Gasteiger partial charge in [0.05, 0.1) is 0 Å². The largest absolute Gasteiger partial charge is 0.489 e. The summed E-state index contributed by atoms with van der Waals surface area (Å²) in [4.78, 5) is 0. The first kappa shape index (κ1) is 24.6. The number of ether oxygens (including phenoxy) is 2. The summed E-state index contributed by atoms with van der Waals surface area (Å²) in [6.45, 7) is 10.5. The summed E-state index contributed by atoms with van der Waals surface area (Å²) in [6.07, 6.45) is 4.27. The quantitative estimate of drug-likeness (QED) is 0.234. The second-order valence-corrected chi connectivity index (χ2v) is 10.5. The summed E-state index contributed by atoms with van der Waals surface area (Å²) < 4.78 is 14.7. The molecule has 190 valence electrons. The van der Waals surface area contributed by atoms with Crippen molar-refractivity contribution in [3.05, 3.63) is 84.1 Å². The number of aryl methyl sites for hydroxylation is 1. The highest BCUT2D eigenvalue weighted by Crippen LogP contribution is 2.32. The molecule has 0 unspecified atom stereocenters. The molecule has 0 amide bonds. The second-order valence-electron chi connectivity index (χ2n) is 10.5. The van der Waals surface area contributed by atoms with Crippen LogP contribution in [0.3, 0.4) is 0 Å². The summed E-state index contributed by atoms with van der Waals surface area (Å²) in [7, 11) is 0. The molecule has 1 N–H and O–H groups in total. The Kier molecular flexibility index (Phi) is 6.95. The maximum Gasteiger partial charge on any atom is 0.204 e. The van der Waals surface area contributed by atoms with Crippen molar-refractivity contribution in [2.75, 3.05) is 0 Å². The molecule has 0 atom stereocenters. The van der Waals surface area contributed by atoms with Crippen molar-refractivity contribution in [2.24, 2.45) is 5.41 Å². The molecule has 0 saturated carbocycles. The van der Waals surface area contributed by atoms with Crippen LogP contribution in [0.2, 0.25) is 0 Å². The minimum atomic E-state index is 0.223. The van der Waals surface area contributed by atoms with Crippen molar-refractivity contribution in [3.8, 4) is 28.6 Å². The van der Waals surface area contributed by atoms with E-state index in [4.69, 9.17) is 9.47 Å². The zero-order valence-corrected chi connectivity index (χ0v) is 21.9. The Morgan fingerprint density at radius 3 is 2.27 bits per heavy atom. The standard InChI is InChI=1S/C30H33N5O2/c1-5-6-26-25-17-18-35(20-30(2,3)4)27(25)15-16-28(26)36-19-21-7-11-23(12-8-21)37-24-13-9-22(10-14-24)29-31-33-34-32-29/h7-18H,5-6,19-20H2,1-4H3,(H,31,32,33,34). The molecule has 0 saturated heterocycles. The van der Waals surface area contributed by atoms with E-state index in [-0.39, 0.29) is 5.41 Å². The lowest BCUT2D eigenvalue weighted by Gasteiger charge is -2.20. The highest BCUT2D eigenvalue weighted by molar-refractivity contribution is 5.86. The first-order valence-electron chi connectivity index (χ1n) is 12.7. The minimum absolute atomic E-state index is 0.223. The third-order valence-electron chi connectivity index (χ3n) is 6.18. The number of aromatic nitrogens is 5. The topological polar surface area (TPSA) is 77.8 Å². The molecule has 2 heterocycles. The fourth-order valence-corrected chi connectivity index (χ4v) is 4.51. The fourth-order valence-electron chi connectivity index (χ4n) is 4.51. The van der Waals surface area contributed by atoms with Gasteiger partial charge in [-0.15, -0.1) is 10.2 Å². The van der Waals surface area contributed by atoms with E-state index in [1.165, 1.54) is 16.5 Å². The van der Waals surface area contributed by atoms with Crippen molar-refractivity contribution in [3.63, 3.8) is 0 Å². The number of aromatic amines is 1. The summed E-state index contributed by atoms with van der Waals surface area (Å²) >= 11 is 0. The summed E-state index contributed by atoms with van der Waals surface area (Å²) in [5, 5.41) is 15.3. The normalized spacial score (nSPS) is 11.7. The van der Waals surface area contributed by atoms with Crippen molar-refractivity contribution in [1.29, 1.82) is 0 Å². The number of nitrogens with one attached hydrogen (secondary N) is 1. The average molecular weight is 496 g/mol. The molecule has 0 fully saturated rings. The summed E-state index contributed by atoms with van der Waals surface area (Å²) in [5.74, 6) is 3.03. The van der Waals surface area contributed by atoms with Crippen LogP contribution in [0, 0.1) is 5.41 Å². The molecule has 7 heteroatoms. The number of hydrogen-bond donors (Lipinski definition) is 1. The average Bonchev–Trinajstić information content (AvgIpc) is 3.55. The molecule has 0 aliphatic rings. The van der Waals surface area contributed by atoms with Gasteiger partial charge in [-0.3, -0.25) is 0 Å². The van der Waals surface area contributed by atoms with Gasteiger partial charge < -0.3 is 14.0 Å². The van der Waals surface area contributed by atoms with Crippen LogP contribution in [-0.4, -0.2) is 25.2 Å². The molecule has 0 bridgehead atoms. The predicted octanol–water partition coefficient (Wildman–Crippen LogP) is 7.19. The van der Waals surface area contributed by atoms with Gasteiger partial charge in [0, 0.05) is 34.8 Å². The molecule has 3 aromatic carbocycles. The van der Waals surface area contributed by atoms with E-state index in [9.17, 15) is 0 Å². The summed E-state index contributed by atoms with van der Waals surface area (Å²) in [5.41, 5.74) is 4.75. The van der Waals surface area contributed by atoms with Crippen LogP contribution in [0.1, 0.15) is 45.2 Å². The van der Waals surface area contributed by atoms with Gasteiger partial charge in [0.15, 0.2) is 0 Å². The van der Waals surface area contributed by atoms with Crippen LogP contribution in [0.5, 0.6) is 17.2 Å². The number of fused-ring (bicyclic) bond motifs is 1. The van der Waals surface area contributed by atoms with Gasteiger partial charge in [-0.05, 0) is 77.2 Å². The Balaban J connectivity index is 1.25. The van der Waals surface area contributed by atoms with Crippen LogP contribution < -0.4 is 9.47 Å². The number of rotatable bonds is 9. The Morgan fingerprint density at radius 2 is 1.62 bits per heavy atom. The lowest BCUT2D eigenvalue weighted by atomic mass is 9.97. The Morgan fingerprint density at radius 1 is 0.892 bits per heavy atom. The van der Waals surface area contributed by atoms with Gasteiger partial charge in [-0.2, -0.15) is 5.21 Å². The van der Waals surface area contributed by atoms with Crippen LogP contribution in [0.4, 0.5) is 0 Å². The Labute approximate surface area is 217 Å². The highest BCUT2D eigenvalue weighted by Gasteiger charge is 2.16. The van der Waals surface area contributed by atoms with Gasteiger partial charge >= 0.3 is 0 Å². The van der Waals surface area contributed by atoms with Crippen molar-refractivity contribution in [2.45, 2.75) is 53.7 Å². The maximum absolute atomic E-state index is 6.33. The number of tetrazole rings is 1. The van der Waals surface area contributed by atoms with Gasteiger partial charge in [-0.25, -0.2) is 0 Å². The van der Waals surface area contributed by atoms with Crippen molar-refractivity contribution >= 4 is 10.9 Å². The molecule has 2 aromatic heterocycles. The highest BCUT2D eigenvalue weighted by atomic mass is 16.5. The Hall–Kier alpha value is -4.13. The molecule has 0 aliphatic carbocycles. The SMILES string of the molecule is CCCc1c(OCc2ccc(Oc3ccc(-c4nn[nH]n4)cc3)cc2)ccc2c1ccn2CC(C)(C)C. The van der Waals surface area contributed by atoms with Crippen LogP contribution in [0.25, 0.3) is 22.3 Å². The minimum Gasteiger partial charge on any atom is -0.489 e. The molecular weight excluding hydrogens is 462 g/mol. The van der Waals surface area contributed by atoms with E-state index in [1.807, 2.05) is 48.5 Å². The molecule has 5 aromatic rings. The number of nitrogens with zero attached hydrogens (tertiary/aromatic N) is 4. The van der Waals surface area contributed by atoms with Crippen LogP contribution >= 0.6 is 0 Å². The van der Waals surface area contributed by atoms with E-state index in [0.717, 1.165) is 47.8 Å². The second kappa shape index (κ2) is 10.5. The lowest BCUT2D eigenvalue weighted by molar-refractivity contribution is 0.303. The van der Waals surface area contributed by atoms with Crippen molar-refractivity contribution in [1.82, 2.24) is 25.2 Å². The van der Waals surface area contributed by atoms with Crippen LogP contribution in [-0.2, 0) is 19.6 Å². The molecule has 0 spiro atoms. The van der Waals surface area contributed by atoms with Gasteiger partial charge in [0.2, 0.25) is 5.82 Å². The molecule has 5 rings (SSSR count). The van der Waals surface area contributed by atoms with Crippen molar-refractivity contribution < 1.29 is 9.47 Å². The Bertz CT molecular complexity index is 1450. The molecule has 37 heavy (non-hydrogen) atoms. The van der Waals surface area contributed by atoms with E-state index >= 15 is 0 Å². The smallest absolute Gasteiger partial charge is 0.204 e. The summed E-state index contributed by atoms with van der Waals surface area (Å²) in [6, 6.07) is 22.2. The van der Waals surface area contributed by atoms with E-state index in [1.54, 1.807) is 0 Å². The van der Waals surface area contributed by atoms with E-state index < -0.39 is 0 Å². The zero-order valence-electron chi connectivity index (χ0n) is 21.9. The zero-order chi connectivity index (χ0) is 25.8. The monoisotopic (exact) mass is 495 g/mol. The maximum atomic E-state index is 6.33. The van der Waals surface area contributed by atoms with E-state index in [0.29, 0.717) is 12.4 Å². The number of hydrogen-bond acceptors (Lipinski definition) is 5. The fraction of sp³-hybridized carbons (Fsp3) is 0.300. The molecular formula is C30H33N5O2. The van der Waals surface area contributed by atoms with Gasteiger partial charge in [0.1, 0.15) is 23.9 Å². The predicted molar refractivity (Wildman–Crippen MR) is 146 cm³/mol. The lowest BCUT2D eigenvalue weighted by Crippen LogP contribution is -2.14. The number of benzene rings is 3. The third-order valence-corrected chi connectivity index (χ3v) is 6.18.